The summed E-state index contributed by atoms with van der Waals surface area (Å²) in [5.41, 5.74) is 0.638. The smallest absolute Gasteiger partial charge is 0.295 e. The van der Waals surface area contributed by atoms with E-state index in [0.29, 0.717) is 11.3 Å². The summed E-state index contributed by atoms with van der Waals surface area (Å²) in [6.07, 6.45) is 0.474. The van der Waals surface area contributed by atoms with Crippen molar-refractivity contribution in [3.8, 4) is 5.75 Å². The number of hydrogen-bond acceptors (Lipinski definition) is 5. The Labute approximate surface area is 159 Å². The molecular formula is C18H16ClFN4O3. The maximum atomic E-state index is 13.8. The van der Waals surface area contributed by atoms with Gasteiger partial charge in [0.1, 0.15) is 17.9 Å². The van der Waals surface area contributed by atoms with Gasteiger partial charge in [0.2, 0.25) is 5.82 Å². The maximum Gasteiger partial charge on any atom is 0.295 e. The molecule has 2 aromatic carbocycles. The van der Waals surface area contributed by atoms with E-state index < -0.39 is 17.8 Å². The van der Waals surface area contributed by atoms with Crippen LogP contribution in [-0.4, -0.2) is 32.9 Å². The number of carbonyl (C=O) groups excluding carboxylic acids is 1. The molecule has 3 rings (SSSR count). The molecule has 0 bridgehead atoms. The van der Waals surface area contributed by atoms with Crippen LogP contribution in [-0.2, 0) is 6.54 Å². The molecule has 27 heavy (non-hydrogen) atoms. The lowest BCUT2D eigenvalue weighted by atomic mass is 10.1. The third-order valence-corrected chi connectivity index (χ3v) is 4.01. The van der Waals surface area contributed by atoms with Gasteiger partial charge >= 0.3 is 0 Å². The van der Waals surface area contributed by atoms with Crippen LogP contribution in [0.5, 0.6) is 5.75 Å². The average molecular weight is 391 g/mol. The van der Waals surface area contributed by atoms with Gasteiger partial charge in [-0.1, -0.05) is 23.7 Å². The molecule has 0 unspecified atom stereocenters. The summed E-state index contributed by atoms with van der Waals surface area (Å²) >= 11 is 5.68. The molecule has 2 N–H and O–H groups in total. The molecule has 0 radical (unpaired) electrons. The highest BCUT2D eigenvalue weighted by Gasteiger charge is 2.16. The van der Waals surface area contributed by atoms with Gasteiger partial charge in [-0.15, -0.1) is 5.10 Å². The van der Waals surface area contributed by atoms with Crippen molar-refractivity contribution < 1.29 is 19.0 Å². The van der Waals surface area contributed by atoms with Crippen molar-refractivity contribution in [2.45, 2.75) is 12.6 Å². The third-order valence-electron chi connectivity index (χ3n) is 3.78. The van der Waals surface area contributed by atoms with Crippen LogP contribution in [0, 0.1) is 5.82 Å². The summed E-state index contributed by atoms with van der Waals surface area (Å²) in [6, 6.07) is 10.8. The molecule has 1 amide bonds. The van der Waals surface area contributed by atoms with Gasteiger partial charge in [-0.2, -0.15) is 0 Å². The highest BCUT2D eigenvalue weighted by atomic mass is 35.5. The second kappa shape index (κ2) is 8.15. The standard InChI is InChI=1S/C18H16ClFN4O3/c1-27-13-5-2-11(3-6-13)16(25)9-24-10-21-17(23-24)18(26)22-15-7-4-12(19)8-14(15)20/h2-8,10,16,25H,9H2,1H3,(H,22,26)/t16-/m0/s1. The molecule has 0 spiro atoms. The number of rotatable bonds is 6. The van der Waals surface area contributed by atoms with E-state index in [4.69, 9.17) is 16.3 Å². The van der Waals surface area contributed by atoms with Crippen LogP contribution in [0.2, 0.25) is 5.02 Å². The summed E-state index contributed by atoms with van der Waals surface area (Å²) in [7, 11) is 1.56. The van der Waals surface area contributed by atoms with Gasteiger partial charge in [0.05, 0.1) is 25.4 Å². The van der Waals surface area contributed by atoms with E-state index in [1.165, 1.54) is 23.1 Å². The van der Waals surface area contributed by atoms with Crippen molar-refractivity contribution in [2.24, 2.45) is 0 Å². The van der Waals surface area contributed by atoms with Gasteiger partial charge < -0.3 is 15.2 Å². The van der Waals surface area contributed by atoms with Gasteiger partial charge in [-0.05, 0) is 35.9 Å². The van der Waals surface area contributed by atoms with Crippen LogP contribution in [0.15, 0.2) is 48.8 Å². The van der Waals surface area contributed by atoms with Crippen molar-refractivity contribution in [3.05, 3.63) is 71.0 Å². The van der Waals surface area contributed by atoms with Crippen molar-refractivity contribution in [3.63, 3.8) is 0 Å². The number of carbonyl (C=O) groups is 1. The highest BCUT2D eigenvalue weighted by molar-refractivity contribution is 6.30. The number of nitrogens with one attached hydrogen (secondary N) is 1. The fourth-order valence-corrected chi connectivity index (χ4v) is 2.52. The number of nitrogens with zero attached hydrogens (tertiary/aromatic N) is 3. The molecule has 3 aromatic rings. The number of methoxy groups -OCH3 is 1. The van der Waals surface area contributed by atoms with Crippen LogP contribution in [0.4, 0.5) is 10.1 Å². The number of benzene rings is 2. The SMILES string of the molecule is COc1ccc([C@@H](O)Cn2cnc(C(=O)Nc3ccc(Cl)cc3F)n2)cc1. The van der Waals surface area contributed by atoms with E-state index in [1.54, 1.807) is 31.4 Å². The van der Waals surface area contributed by atoms with E-state index in [0.717, 1.165) is 6.07 Å². The molecular weight excluding hydrogens is 375 g/mol. The number of halogens is 2. The van der Waals surface area contributed by atoms with Gasteiger partial charge in [-0.25, -0.2) is 14.1 Å². The van der Waals surface area contributed by atoms with Crippen molar-refractivity contribution in [2.75, 3.05) is 12.4 Å². The molecule has 1 aromatic heterocycles. The molecule has 7 nitrogen and oxygen atoms in total. The average Bonchev–Trinajstić information content (AvgIpc) is 3.12. The lowest BCUT2D eigenvalue weighted by molar-refractivity contribution is 0.101. The number of hydrogen-bond donors (Lipinski definition) is 2. The Morgan fingerprint density at radius 3 is 2.74 bits per heavy atom. The zero-order valence-corrected chi connectivity index (χ0v) is 15.0. The van der Waals surface area contributed by atoms with Gasteiger partial charge in [0, 0.05) is 5.02 Å². The van der Waals surface area contributed by atoms with Crippen LogP contribution in [0.25, 0.3) is 0 Å². The summed E-state index contributed by atoms with van der Waals surface area (Å²) in [4.78, 5) is 16.1. The first-order chi connectivity index (χ1) is 13.0. The van der Waals surface area contributed by atoms with E-state index in [1.807, 2.05) is 0 Å². The fraction of sp³-hybridized carbons (Fsp3) is 0.167. The third kappa shape index (κ3) is 4.60. The summed E-state index contributed by atoms with van der Waals surface area (Å²) in [5.74, 6) is -0.800. The Bertz CT molecular complexity index is 946. The van der Waals surface area contributed by atoms with Crippen LogP contribution in [0.1, 0.15) is 22.3 Å². The fourth-order valence-electron chi connectivity index (χ4n) is 2.36. The largest absolute Gasteiger partial charge is 0.497 e. The van der Waals surface area contributed by atoms with Gasteiger partial charge in [0.15, 0.2) is 0 Å². The molecule has 0 saturated heterocycles. The zero-order chi connectivity index (χ0) is 19.4. The quantitative estimate of drug-likeness (QED) is 0.675. The Balaban J connectivity index is 1.65. The van der Waals surface area contributed by atoms with E-state index in [2.05, 4.69) is 15.4 Å². The van der Waals surface area contributed by atoms with E-state index in [-0.39, 0.29) is 23.1 Å². The normalized spacial score (nSPS) is 11.9. The Hall–Kier alpha value is -2.97. The molecule has 0 saturated carbocycles. The molecule has 0 aliphatic rings. The molecule has 0 aliphatic carbocycles. The zero-order valence-electron chi connectivity index (χ0n) is 14.3. The molecule has 1 atom stereocenters. The highest BCUT2D eigenvalue weighted by Crippen LogP contribution is 2.20. The number of aliphatic hydroxyl groups is 1. The minimum absolute atomic E-state index is 0.0287. The minimum atomic E-state index is -0.845. The Kier molecular flexibility index (Phi) is 5.68. The van der Waals surface area contributed by atoms with Crippen molar-refractivity contribution >= 4 is 23.2 Å². The minimum Gasteiger partial charge on any atom is -0.497 e. The molecule has 140 valence electrons. The summed E-state index contributed by atoms with van der Waals surface area (Å²) < 4.78 is 20.2. The van der Waals surface area contributed by atoms with E-state index in [9.17, 15) is 14.3 Å². The number of aliphatic hydroxyl groups excluding tert-OH is 1. The second-order valence-corrected chi connectivity index (χ2v) is 6.09. The number of ether oxygens (including phenoxy) is 1. The van der Waals surface area contributed by atoms with Gasteiger partial charge in [-0.3, -0.25) is 4.79 Å². The topological polar surface area (TPSA) is 89.3 Å². The molecule has 0 fully saturated rings. The lowest BCUT2D eigenvalue weighted by Gasteiger charge is -2.11. The van der Waals surface area contributed by atoms with E-state index >= 15 is 0 Å². The first kappa shape index (κ1) is 18.8. The second-order valence-electron chi connectivity index (χ2n) is 5.66. The van der Waals surface area contributed by atoms with Crippen molar-refractivity contribution in [1.29, 1.82) is 0 Å². The first-order valence-corrected chi connectivity index (χ1v) is 8.32. The molecule has 9 heteroatoms. The monoisotopic (exact) mass is 390 g/mol. The van der Waals surface area contributed by atoms with Gasteiger partial charge in [0.25, 0.3) is 5.91 Å². The summed E-state index contributed by atoms with van der Waals surface area (Å²) in [6.45, 7) is 0.0991. The predicted octanol–water partition coefficient (Wildman–Crippen LogP) is 3.07. The first-order valence-electron chi connectivity index (χ1n) is 7.94. The van der Waals surface area contributed by atoms with Crippen LogP contribution < -0.4 is 10.1 Å². The predicted molar refractivity (Wildman–Crippen MR) is 97.3 cm³/mol. The van der Waals surface area contributed by atoms with Crippen molar-refractivity contribution in [1.82, 2.24) is 14.8 Å². The molecule has 1 heterocycles. The lowest BCUT2D eigenvalue weighted by Crippen LogP contribution is -2.16. The number of anilines is 1. The summed E-state index contributed by atoms with van der Waals surface area (Å²) in [5, 5.41) is 16.9. The number of amides is 1. The van der Waals surface area contributed by atoms with Crippen LogP contribution in [0.3, 0.4) is 0 Å². The van der Waals surface area contributed by atoms with Crippen LogP contribution >= 0.6 is 11.6 Å². The molecule has 0 aliphatic heterocycles. The Morgan fingerprint density at radius 2 is 2.07 bits per heavy atom. The number of aromatic nitrogens is 3. The maximum absolute atomic E-state index is 13.8. The Morgan fingerprint density at radius 1 is 1.33 bits per heavy atom.